The Labute approximate surface area is 108 Å². The molecule has 0 aromatic rings. The molecule has 1 N–H and O–H groups in total. The molecule has 1 aliphatic heterocycles. The van der Waals surface area contributed by atoms with Gasteiger partial charge in [-0.3, -0.25) is 0 Å². The zero-order chi connectivity index (χ0) is 12.7. The Morgan fingerprint density at radius 1 is 1.24 bits per heavy atom. The van der Waals surface area contributed by atoms with E-state index in [1.54, 1.807) is 0 Å². The van der Waals surface area contributed by atoms with Crippen molar-refractivity contribution in [3.8, 4) is 0 Å². The summed E-state index contributed by atoms with van der Waals surface area (Å²) in [6.07, 6.45) is 8.31. The standard InChI is InChI=1S/C15H32N2/c1-5-9-14-10-6-7-12-17(14)13-8-11-16-15(2,3)4/h14,16H,5-13H2,1-4H3. The Morgan fingerprint density at radius 2 is 2.00 bits per heavy atom. The fourth-order valence-electron chi connectivity index (χ4n) is 2.76. The van der Waals surface area contributed by atoms with E-state index in [9.17, 15) is 0 Å². The van der Waals surface area contributed by atoms with Gasteiger partial charge in [-0.05, 0) is 66.1 Å². The van der Waals surface area contributed by atoms with E-state index in [0.717, 1.165) is 12.6 Å². The summed E-state index contributed by atoms with van der Waals surface area (Å²) in [4.78, 5) is 2.73. The summed E-state index contributed by atoms with van der Waals surface area (Å²) in [5.41, 5.74) is 0.269. The van der Waals surface area contributed by atoms with E-state index in [4.69, 9.17) is 0 Å². The second kappa shape index (κ2) is 7.38. The van der Waals surface area contributed by atoms with Gasteiger partial charge in [-0.1, -0.05) is 19.8 Å². The van der Waals surface area contributed by atoms with Crippen LogP contribution in [-0.4, -0.2) is 36.1 Å². The first-order valence-corrected chi connectivity index (χ1v) is 7.52. The third-order valence-corrected chi connectivity index (χ3v) is 3.65. The summed E-state index contributed by atoms with van der Waals surface area (Å²) in [6.45, 7) is 12.8. The Bertz CT molecular complexity index is 194. The molecular weight excluding hydrogens is 208 g/mol. The Hall–Kier alpha value is -0.0800. The minimum atomic E-state index is 0.269. The molecule has 1 unspecified atom stereocenters. The van der Waals surface area contributed by atoms with E-state index >= 15 is 0 Å². The zero-order valence-electron chi connectivity index (χ0n) is 12.4. The van der Waals surface area contributed by atoms with Crippen LogP contribution in [-0.2, 0) is 0 Å². The zero-order valence-corrected chi connectivity index (χ0v) is 12.4. The Morgan fingerprint density at radius 3 is 2.65 bits per heavy atom. The van der Waals surface area contributed by atoms with Gasteiger partial charge in [-0.2, -0.15) is 0 Å². The third kappa shape index (κ3) is 6.42. The second-order valence-electron chi connectivity index (χ2n) is 6.50. The maximum Gasteiger partial charge on any atom is 0.00965 e. The number of nitrogens with zero attached hydrogens (tertiary/aromatic N) is 1. The molecule has 2 nitrogen and oxygen atoms in total. The van der Waals surface area contributed by atoms with E-state index in [1.807, 2.05) is 0 Å². The maximum absolute atomic E-state index is 3.58. The van der Waals surface area contributed by atoms with Crippen molar-refractivity contribution in [1.29, 1.82) is 0 Å². The lowest BCUT2D eigenvalue weighted by molar-refractivity contribution is 0.137. The van der Waals surface area contributed by atoms with Crippen LogP contribution in [0.3, 0.4) is 0 Å². The van der Waals surface area contributed by atoms with Crippen LogP contribution in [0.2, 0.25) is 0 Å². The number of piperidine rings is 1. The first-order chi connectivity index (χ1) is 8.03. The molecule has 0 saturated carbocycles. The van der Waals surface area contributed by atoms with Gasteiger partial charge in [0.05, 0.1) is 0 Å². The smallest absolute Gasteiger partial charge is 0.00965 e. The average Bonchev–Trinajstić information content (AvgIpc) is 2.25. The highest BCUT2D eigenvalue weighted by Crippen LogP contribution is 2.20. The lowest BCUT2D eigenvalue weighted by Crippen LogP contribution is -2.42. The quantitative estimate of drug-likeness (QED) is 0.716. The maximum atomic E-state index is 3.58. The van der Waals surface area contributed by atoms with Gasteiger partial charge in [-0.15, -0.1) is 0 Å². The molecule has 102 valence electrons. The van der Waals surface area contributed by atoms with E-state index < -0.39 is 0 Å². The van der Waals surface area contributed by atoms with Gasteiger partial charge in [0.15, 0.2) is 0 Å². The van der Waals surface area contributed by atoms with Crippen LogP contribution in [0.5, 0.6) is 0 Å². The van der Waals surface area contributed by atoms with Crippen molar-refractivity contribution in [3.05, 3.63) is 0 Å². The number of hydrogen-bond donors (Lipinski definition) is 1. The summed E-state index contributed by atoms with van der Waals surface area (Å²) in [6, 6.07) is 0.878. The number of rotatable bonds is 6. The molecule has 1 heterocycles. The summed E-state index contributed by atoms with van der Waals surface area (Å²) < 4.78 is 0. The van der Waals surface area contributed by atoms with E-state index in [1.165, 1.54) is 51.6 Å². The number of hydrogen-bond acceptors (Lipinski definition) is 2. The highest BCUT2D eigenvalue weighted by atomic mass is 15.2. The largest absolute Gasteiger partial charge is 0.312 e. The van der Waals surface area contributed by atoms with Gasteiger partial charge in [0.25, 0.3) is 0 Å². The molecule has 0 amide bonds. The summed E-state index contributed by atoms with van der Waals surface area (Å²) in [5, 5.41) is 3.58. The number of likely N-dealkylation sites (tertiary alicyclic amines) is 1. The molecule has 17 heavy (non-hydrogen) atoms. The molecule has 1 aliphatic rings. The monoisotopic (exact) mass is 240 g/mol. The molecule has 0 aliphatic carbocycles. The van der Waals surface area contributed by atoms with Crippen LogP contribution in [0, 0.1) is 0 Å². The Balaban J connectivity index is 2.19. The van der Waals surface area contributed by atoms with Gasteiger partial charge in [-0.25, -0.2) is 0 Å². The van der Waals surface area contributed by atoms with Crippen LogP contribution >= 0.6 is 0 Å². The molecule has 0 spiro atoms. The van der Waals surface area contributed by atoms with Crippen molar-refractivity contribution in [2.24, 2.45) is 0 Å². The van der Waals surface area contributed by atoms with Crippen molar-refractivity contribution < 1.29 is 0 Å². The summed E-state index contributed by atoms with van der Waals surface area (Å²) >= 11 is 0. The SMILES string of the molecule is CCCC1CCCCN1CCCNC(C)(C)C. The van der Waals surface area contributed by atoms with Crippen LogP contribution in [0.25, 0.3) is 0 Å². The van der Waals surface area contributed by atoms with Crippen molar-refractivity contribution in [2.75, 3.05) is 19.6 Å². The third-order valence-electron chi connectivity index (χ3n) is 3.65. The highest BCUT2D eigenvalue weighted by Gasteiger charge is 2.20. The van der Waals surface area contributed by atoms with Crippen LogP contribution < -0.4 is 5.32 Å². The first-order valence-electron chi connectivity index (χ1n) is 7.52. The topological polar surface area (TPSA) is 15.3 Å². The first kappa shape index (κ1) is 15.0. The molecular formula is C15H32N2. The van der Waals surface area contributed by atoms with Crippen molar-refractivity contribution in [1.82, 2.24) is 10.2 Å². The summed E-state index contributed by atoms with van der Waals surface area (Å²) in [7, 11) is 0. The molecule has 0 bridgehead atoms. The molecule has 0 aromatic heterocycles. The van der Waals surface area contributed by atoms with Gasteiger partial charge >= 0.3 is 0 Å². The molecule has 0 radical (unpaired) electrons. The van der Waals surface area contributed by atoms with Crippen LogP contribution in [0.15, 0.2) is 0 Å². The highest BCUT2D eigenvalue weighted by molar-refractivity contribution is 4.77. The van der Waals surface area contributed by atoms with Crippen molar-refractivity contribution >= 4 is 0 Å². The molecule has 1 rings (SSSR count). The normalized spacial score (nSPS) is 22.9. The van der Waals surface area contributed by atoms with Crippen LogP contribution in [0.1, 0.15) is 66.2 Å². The minimum Gasteiger partial charge on any atom is -0.312 e. The fourth-order valence-corrected chi connectivity index (χ4v) is 2.76. The molecule has 1 atom stereocenters. The van der Waals surface area contributed by atoms with Gasteiger partial charge in [0.2, 0.25) is 0 Å². The molecule has 0 aromatic carbocycles. The minimum absolute atomic E-state index is 0.269. The lowest BCUT2D eigenvalue weighted by atomic mass is 9.98. The lowest BCUT2D eigenvalue weighted by Gasteiger charge is -2.36. The average molecular weight is 240 g/mol. The van der Waals surface area contributed by atoms with Gasteiger partial charge in [0, 0.05) is 11.6 Å². The van der Waals surface area contributed by atoms with E-state index in [-0.39, 0.29) is 5.54 Å². The van der Waals surface area contributed by atoms with E-state index in [0.29, 0.717) is 0 Å². The predicted molar refractivity (Wildman–Crippen MR) is 76.5 cm³/mol. The van der Waals surface area contributed by atoms with Gasteiger partial charge < -0.3 is 10.2 Å². The van der Waals surface area contributed by atoms with E-state index in [2.05, 4.69) is 37.9 Å². The molecule has 1 saturated heterocycles. The summed E-state index contributed by atoms with van der Waals surface area (Å²) in [5.74, 6) is 0. The second-order valence-corrected chi connectivity index (χ2v) is 6.50. The predicted octanol–water partition coefficient (Wildman–Crippen LogP) is 3.42. The van der Waals surface area contributed by atoms with Crippen molar-refractivity contribution in [3.63, 3.8) is 0 Å². The molecule has 1 fully saturated rings. The Kier molecular flexibility index (Phi) is 6.50. The van der Waals surface area contributed by atoms with Crippen LogP contribution in [0.4, 0.5) is 0 Å². The molecule has 2 heteroatoms. The van der Waals surface area contributed by atoms with Crippen molar-refractivity contribution in [2.45, 2.75) is 77.8 Å². The number of nitrogens with one attached hydrogen (secondary N) is 1. The van der Waals surface area contributed by atoms with Gasteiger partial charge in [0.1, 0.15) is 0 Å². The fraction of sp³-hybridized carbons (Fsp3) is 1.00.